The predicted octanol–water partition coefficient (Wildman–Crippen LogP) is 3.96. The maximum Gasteiger partial charge on any atom is -0.00168 e. The fourth-order valence-electron chi connectivity index (χ4n) is 2.24. The molecule has 0 radical (unpaired) electrons. The van der Waals surface area contributed by atoms with Crippen LogP contribution in [0.4, 0.5) is 0 Å². The molecule has 2 aliphatic rings. The summed E-state index contributed by atoms with van der Waals surface area (Å²) in [6.45, 7) is 17.6. The highest BCUT2D eigenvalue weighted by Crippen LogP contribution is 2.15. The Labute approximate surface area is 124 Å². The number of nitrogens with one attached hydrogen (secondary N) is 2. The lowest BCUT2D eigenvalue weighted by atomic mass is 10.1. The van der Waals surface area contributed by atoms with E-state index in [1.807, 2.05) is 27.7 Å². The van der Waals surface area contributed by atoms with Crippen LogP contribution >= 0.6 is 8.58 Å². The summed E-state index contributed by atoms with van der Waals surface area (Å²) in [5.41, 5.74) is 0. The van der Waals surface area contributed by atoms with Crippen molar-refractivity contribution >= 4 is 8.58 Å². The normalized spacial score (nSPS) is 24.9. The third-order valence-corrected chi connectivity index (χ3v) is 4.38. The fourth-order valence-corrected chi connectivity index (χ4v) is 3.17. The summed E-state index contributed by atoms with van der Waals surface area (Å²) in [5, 5.41) is 6.68. The first-order valence-electron chi connectivity index (χ1n) is 8.42. The molecule has 2 saturated heterocycles. The van der Waals surface area contributed by atoms with Gasteiger partial charge in [0.15, 0.2) is 0 Å². The average Bonchev–Trinajstić information content (AvgIpc) is 3.17. The van der Waals surface area contributed by atoms with E-state index in [2.05, 4.69) is 24.2 Å². The van der Waals surface area contributed by atoms with E-state index >= 15 is 0 Å². The highest BCUT2D eigenvalue weighted by molar-refractivity contribution is 7.36. The van der Waals surface area contributed by atoms with Crippen molar-refractivity contribution in [3.8, 4) is 0 Å². The first-order chi connectivity index (χ1) is 9.36. The van der Waals surface area contributed by atoms with E-state index in [1.54, 1.807) is 0 Å². The topological polar surface area (TPSA) is 24.1 Å². The Morgan fingerprint density at radius 3 is 1.63 bits per heavy atom. The van der Waals surface area contributed by atoms with Crippen molar-refractivity contribution in [2.45, 2.75) is 53.9 Å². The minimum absolute atomic E-state index is 0.986. The zero-order chi connectivity index (χ0) is 14.9. The SMILES string of the molecule is CC.CC.CC[C@@H]1CCNC1.CPC[C@H]1CCNC1. The van der Waals surface area contributed by atoms with Crippen LogP contribution in [-0.4, -0.2) is 39.0 Å². The van der Waals surface area contributed by atoms with Crippen LogP contribution in [0.3, 0.4) is 0 Å². The molecule has 0 bridgehead atoms. The van der Waals surface area contributed by atoms with Crippen molar-refractivity contribution in [1.82, 2.24) is 10.6 Å². The lowest BCUT2D eigenvalue weighted by Gasteiger charge is -2.02. The molecule has 2 heterocycles. The largest absolute Gasteiger partial charge is 0.316 e. The van der Waals surface area contributed by atoms with Gasteiger partial charge in [0.05, 0.1) is 0 Å². The lowest BCUT2D eigenvalue weighted by molar-refractivity contribution is 0.563. The summed E-state index contributed by atoms with van der Waals surface area (Å²) in [6.07, 6.45) is 5.62. The molecule has 118 valence electrons. The van der Waals surface area contributed by atoms with Crippen LogP contribution in [0.25, 0.3) is 0 Å². The molecular weight excluding hydrogens is 251 g/mol. The predicted molar refractivity (Wildman–Crippen MR) is 94.0 cm³/mol. The van der Waals surface area contributed by atoms with Gasteiger partial charge in [-0.2, -0.15) is 0 Å². The standard InChI is InChI=1S/C6H14NP.C6H13N.2C2H6/c1-8-5-6-2-3-7-4-6;1-2-6-3-4-7-5-6;2*1-2/h6-8H,2-5H2,1H3;6-7H,2-5H2,1H3;2*1-2H3/t2*6-;;/m01../s1. The van der Waals surface area contributed by atoms with Gasteiger partial charge in [-0.05, 0) is 63.7 Å². The quantitative estimate of drug-likeness (QED) is 0.769. The van der Waals surface area contributed by atoms with Crippen LogP contribution in [0, 0.1) is 11.8 Å². The van der Waals surface area contributed by atoms with Crippen LogP contribution in [-0.2, 0) is 0 Å². The summed E-state index contributed by atoms with van der Waals surface area (Å²) < 4.78 is 0. The minimum atomic E-state index is 0.986. The monoisotopic (exact) mass is 290 g/mol. The van der Waals surface area contributed by atoms with Gasteiger partial charge < -0.3 is 10.6 Å². The second kappa shape index (κ2) is 18.4. The van der Waals surface area contributed by atoms with E-state index in [0.29, 0.717) is 0 Å². The van der Waals surface area contributed by atoms with Gasteiger partial charge in [0.2, 0.25) is 0 Å². The van der Waals surface area contributed by atoms with Crippen molar-refractivity contribution in [3.63, 3.8) is 0 Å². The lowest BCUT2D eigenvalue weighted by Crippen LogP contribution is -2.09. The van der Waals surface area contributed by atoms with Gasteiger partial charge in [-0.1, -0.05) is 41.0 Å². The maximum absolute atomic E-state index is 3.36. The van der Waals surface area contributed by atoms with E-state index in [0.717, 1.165) is 20.4 Å². The average molecular weight is 290 g/mol. The molecule has 3 heteroatoms. The van der Waals surface area contributed by atoms with Crippen LogP contribution < -0.4 is 10.6 Å². The van der Waals surface area contributed by atoms with E-state index in [9.17, 15) is 0 Å². The summed E-state index contributed by atoms with van der Waals surface area (Å²) in [7, 11) is 1.15. The van der Waals surface area contributed by atoms with E-state index in [-0.39, 0.29) is 0 Å². The minimum Gasteiger partial charge on any atom is -0.316 e. The second-order valence-electron chi connectivity index (χ2n) is 4.68. The number of hydrogen-bond acceptors (Lipinski definition) is 2. The zero-order valence-corrected chi connectivity index (χ0v) is 15.3. The van der Waals surface area contributed by atoms with E-state index in [4.69, 9.17) is 0 Å². The highest BCUT2D eigenvalue weighted by atomic mass is 31.1. The molecule has 0 spiro atoms. The first kappa shape index (κ1) is 21.6. The molecular formula is C16H39N2P. The molecule has 0 saturated carbocycles. The van der Waals surface area contributed by atoms with Crippen molar-refractivity contribution in [2.75, 3.05) is 39.0 Å². The fraction of sp³-hybridized carbons (Fsp3) is 1.00. The van der Waals surface area contributed by atoms with Gasteiger partial charge >= 0.3 is 0 Å². The smallest absolute Gasteiger partial charge is 0.00168 e. The summed E-state index contributed by atoms with van der Waals surface area (Å²) >= 11 is 0. The van der Waals surface area contributed by atoms with Crippen molar-refractivity contribution in [3.05, 3.63) is 0 Å². The Morgan fingerprint density at radius 1 is 0.895 bits per heavy atom. The third-order valence-electron chi connectivity index (χ3n) is 3.39. The molecule has 0 aliphatic carbocycles. The van der Waals surface area contributed by atoms with E-state index < -0.39 is 0 Å². The second-order valence-corrected chi connectivity index (χ2v) is 5.80. The Kier molecular flexibility index (Phi) is 20.9. The van der Waals surface area contributed by atoms with Crippen molar-refractivity contribution in [1.29, 1.82) is 0 Å². The summed E-state index contributed by atoms with van der Waals surface area (Å²) in [5.74, 6) is 2.00. The molecule has 19 heavy (non-hydrogen) atoms. The maximum atomic E-state index is 3.36. The van der Waals surface area contributed by atoms with Gasteiger partial charge in [-0.3, -0.25) is 0 Å². The first-order valence-corrected chi connectivity index (χ1v) is 10.1. The van der Waals surface area contributed by atoms with Crippen molar-refractivity contribution in [2.24, 2.45) is 11.8 Å². The van der Waals surface area contributed by atoms with Gasteiger partial charge in [0, 0.05) is 0 Å². The Bertz CT molecular complexity index is 142. The molecule has 0 aromatic rings. The Morgan fingerprint density at radius 2 is 1.37 bits per heavy atom. The van der Waals surface area contributed by atoms with Gasteiger partial charge in [-0.25, -0.2) is 0 Å². The van der Waals surface area contributed by atoms with Gasteiger partial charge in [-0.15, -0.1) is 8.58 Å². The number of hydrogen-bond donors (Lipinski definition) is 2. The van der Waals surface area contributed by atoms with Gasteiger partial charge in [0.1, 0.15) is 0 Å². The molecule has 2 rings (SSSR count). The van der Waals surface area contributed by atoms with Crippen LogP contribution in [0.15, 0.2) is 0 Å². The van der Waals surface area contributed by atoms with Crippen molar-refractivity contribution < 1.29 is 0 Å². The Hall–Kier alpha value is 0.350. The molecule has 0 aromatic heterocycles. The Balaban J connectivity index is 0. The molecule has 2 fully saturated rings. The zero-order valence-electron chi connectivity index (χ0n) is 14.3. The molecule has 0 aromatic carbocycles. The van der Waals surface area contributed by atoms with Crippen LogP contribution in [0.2, 0.25) is 0 Å². The van der Waals surface area contributed by atoms with Crippen LogP contribution in [0.1, 0.15) is 53.9 Å². The molecule has 1 unspecified atom stereocenters. The molecule has 2 N–H and O–H groups in total. The third kappa shape index (κ3) is 13.1. The van der Waals surface area contributed by atoms with E-state index in [1.165, 1.54) is 51.6 Å². The van der Waals surface area contributed by atoms with Crippen LogP contribution in [0.5, 0.6) is 0 Å². The molecule has 0 amide bonds. The highest BCUT2D eigenvalue weighted by Gasteiger charge is 2.12. The molecule has 3 atom stereocenters. The van der Waals surface area contributed by atoms with Gasteiger partial charge in [0.25, 0.3) is 0 Å². The molecule has 2 nitrogen and oxygen atoms in total. The summed E-state index contributed by atoms with van der Waals surface area (Å²) in [4.78, 5) is 0. The summed E-state index contributed by atoms with van der Waals surface area (Å²) in [6, 6.07) is 0. The number of rotatable bonds is 3. The molecule has 2 aliphatic heterocycles.